The number of carboxylic acids is 1. The summed E-state index contributed by atoms with van der Waals surface area (Å²) < 4.78 is 10.9. The van der Waals surface area contributed by atoms with Gasteiger partial charge in [-0.1, -0.05) is 0 Å². The van der Waals surface area contributed by atoms with E-state index >= 15 is 0 Å². The molecule has 0 atom stereocenters. The van der Waals surface area contributed by atoms with E-state index in [1.165, 1.54) is 18.7 Å². The largest absolute Gasteiger partial charge is 0.478 e. The van der Waals surface area contributed by atoms with Crippen LogP contribution < -0.4 is 0 Å². The molecule has 0 unspecified atom stereocenters. The Labute approximate surface area is 130 Å². The SMILES string of the molecule is O=C(O)c1c(-c2ccco2)c(-c2ccco2)nc2ccncc12. The maximum Gasteiger partial charge on any atom is 0.337 e. The van der Waals surface area contributed by atoms with E-state index in [1.807, 2.05) is 0 Å². The van der Waals surface area contributed by atoms with E-state index in [2.05, 4.69) is 9.97 Å². The van der Waals surface area contributed by atoms with E-state index < -0.39 is 5.97 Å². The van der Waals surface area contributed by atoms with Crippen LogP contribution in [0.2, 0.25) is 0 Å². The van der Waals surface area contributed by atoms with E-state index in [0.717, 1.165) is 0 Å². The Hall–Kier alpha value is -3.41. The third-order valence-electron chi connectivity index (χ3n) is 3.52. The molecule has 0 saturated heterocycles. The number of rotatable bonds is 3. The molecule has 0 aromatic carbocycles. The first-order chi connectivity index (χ1) is 11.3. The summed E-state index contributed by atoms with van der Waals surface area (Å²) in [5.41, 5.74) is 1.41. The molecule has 112 valence electrons. The van der Waals surface area contributed by atoms with Crippen molar-refractivity contribution in [2.45, 2.75) is 0 Å². The van der Waals surface area contributed by atoms with Gasteiger partial charge in [0.15, 0.2) is 5.76 Å². The van der Waals surface area contributed by atoms with Gasteiger partial charge < -0.3 is 13.9 Å². The van der Waals surface area contributed by atoms with Gasteiger partial charge >= 0.3 is 5.97 Å². The summed E-state index contributed by atoms with van der Waals surface area (Å²) in [5.74, 6) is -0.200. The molecule has 4 aromatic heterocycles. The van der Waals surface area contributed by atoms with Gasteiger partial charge in [0.25, 0.3) is 0 Å². The van der Waals surface area contributed by atoms with Crippen molar-refractivity contribution >= 4 is 16.9 Å². The highest BCUT2D eigenvalue weighted by Gasteiger charge is 2.25. The Morgan fingerprint density at radius 1 is 1.04 bits per heavy atom. The Morgan fingerprint density at radius 2 is 1.78 bits per heavy atom. The van der Waals surface area contributed by atoms with Crippen molar-refractivity contribution in [1.29, 1.82) is 0 Å². The number of carbonyl (C=O) groups is 1. The Balaban J connectivity index is 2.19. The van der Waals surface area contributed by atoms with Crippen LogP contribution in [0.1, 0.15) is 10.4 Å². The van der Waals surface area contributed by atoms with Gasteiger partial charge in [0.05, 0.1) is 29.2 Å². The van der Waals surface area contributed by atoms with Crippen LogP contribution in [0.3, 0.4) is 0 Å². The summed E-state index contributed by atoms with van der Waals surface area (Å²) in [6.07, 6.45) is 6.06. The zero-order valence-electron chi connectivity index (χ0n) is 11.8. The summed E-state index contributed by atoms with van der Waals surface area (Å²) in [6.45, 7) is 0. The number of fused-ring (bicyclic) bond motifs is 1. The number of carboxylic acid groups (broad SMARTS) is 1. The third kappa shape index (κ3) is 2.08. The van der Waals surface area contributed by atoms with E-state index in [4.69, 9.17) is 8.83 Å². The molecule has 6 nitrogen and oxygen atoms in total. The molecule has 4 heterocycles. The second-order valence-electron chi connectivity index (χ2n) is 4.86. The van der Waals surface area contributed by atoms with Crippen LogP contribution >= 0.6 is 0 Å². The predicted octanol–water partition coefficient (Wildman–Crippen LogP) is 3.85. The average Bonchev–Trinajstić information content (AvgIpc) is 3.26. The quantitative estimate of drug-likeness (QED) is 0.618. The Kier molecular flexibility index (Phi) is 2.94. The molecular formula is C17H10N2O4. The van der Waals surface area contributed by atoms with Crippen LogP contribution in [0.15, 0.2) is 64.1 Å². The van der Waals surface area contributed by atoms with Crippen LogP contribution in [0, 0.1) is 0 Å². The Bertz CT molecular complexity index is 989. The van der Waals surface area contributed by atoms with Crippen LogP contribution in [0.5, 0.6) is 0 Å². The first-order valence-electron chi connectivity index (χ1n) is 6.84. The fourth-order valence-corrected chi connectivity index (χ4v) is 2.58. The molecule has 0 fully saturated rings. The number of hydrogen-bond acceptors (Lipinski definition) is 5. The molecule has 0 saturated carbocycles. The molecule has 0 aliphatic rings. The third-order valence-corrected chi connectivity index (χ3v) is 3.52. The number of pyridine rings is 2. The van der Waals surface area contributed by atoms with Crippen LogP contribution in [0.25, 0.3) is 33.7 Å². The molecule has 0 spiro atoms. The molecule has 0 radical (unpaired) electrons. The number of hydrogen-bond donors (Lipinski definition) is 1. The summed E-state index contributed by atoms with van der Waals surface area (Å²) in [7, 11) is 0. The molecular weight excluding hydrogens is 296 g/mol. The molecule has 0 bridgehead atoms. The van der Waals surface area contributed by atoms with Gasteiger partial charge in [-0.3, -0.25) is 4.98 Å². The van der Waals surface area contributed by atoms with E-state index in [9.17, 15) is 9.90 Å². The van der Waals surface area contributed by atoms with Crippen molar-refractivity contribution in [1.82, 2.24) is 9.97 Å². The number of furan rings is 2. The second kappa shape index (κ2) is 5.10. The molecule has 4 rings (SSSR count). The van der Waals surface area contributed by atoms with E-state index in [1.54, 1.807) is 36.5 Å². The smallest absolute Gasteiger partial charge is 0.337 e. The zero-order chi connectivity index (χ0) is 15.8. The maximum absolute atomic E-state index is 11.9. The molecule has 0 amide bonds. The molecule has 6 heteroatoms. The second-order valence-corrected chi connectivity index (χ2v) is 4.86. The minimum absolute atomic E-state index is 0.0875. The van der Waals surface area contributed by atoms with Crippen LogP contribution in [-0.4, -0.2) is 21.0 Å². The van der Waals surface area contributed by atoms with E-state index in [-0.39, 0.29) is 5.56 Å². The van der Waals surface area contributed by atoms with Gasteiger partial charge in [-0.2, -0.15) is 0 Å². The molecule has 1 N–H and O–H groups in total. The molecule has 0 aliphatic heterocycles. The van der Waals surface area contributed by atoms with Gasteiger partial charge in [-0.15, -0.1) is 0 Å². The van der Waals surface area contributed by atoms with Crippen molar-refractivity contribution < 1.29 is 18.7 Å². The summed E-state index contributed by atoms with van der Waals surface area (Å²) in [4.78, 5) is 20.5. The molecule has 23 heavy (non-hydrogen) atoms. The lowest BCUT2D eigenvalue weighted by Gasteiger charge is -2.11. The molecule has 4 aromatic rings. The number of nitrogens with zero attached hydrogens (tertiary/aromatic N) is 2. The fourth-order valence-electron chi connectivity index (χ4n) is 2.58. The Morgan fingerprint density at radius 3 is 2.43 bits per heavy atom. The maximum atomic E-state index is 11.9. The van der Waals surface area contributed by atoms with Crippen LogP contribution in [-0.2, 0) is 0 Å². The normalized spacial score (nSPS) is 11.0. The van der Waals surface area contributed by atoms with Crippen molar-refractivity contribution in [3.05, 3.63) is 60.8 Å². The summed E-state index contributed by atoms with van der Waals surface area (Å²) >= 11 is 0. The lowest BCUT2D eigenvalue weighted by Crippen LogP contribution is -2.04. The highest BCUT2D eigenvalue weighted by molar-refractivity contribution is 6.10. The minimum Gasteiger partial charge on any atom is -0.478 e. The lowest BCUT2D eigenvalue weighted by atomic mass is 9.98. The van der Waals surface area contributed by atoms with Crippen molar-refractivity contribution in [2.24, 2.45) is 0 Å². The van der Waals surface area contributed by atoms with Gasteiger partial charge in [0, 0.05) is 17.8 Å². The van der Waals surface area contributed by atoms with Crippen LogP contribution in [0.4, 0.5) is 0 Å². The molecule has 0 aliphatic carbocycles. The number of aromatic carboxylic acids is 1. The van der Waals surface area contributed by atoms with Crippen molar-refractivity contribution in [3.8, 4) is 22.8 Å². The lowest BCUT2D eigenvalue weighted by molar-refractivity contribution is 0.0699. The highest BCUT2D eigenvalue weighted by Crippen LogP contribution is 2.37. The van der Waals surface area contributed by atoms with E-state index in [0.29, 0.717) is 33.7 Å². The van der Waals surface area contributed by atoms with Gasteiger partial charge in [0.1, 0.15) is 11.5 Å². The van der Waals surface area contributed by atoms with Gasteiger partial charge in [0.2, 0.25) is 0 Å². The average molecular weight is 306 g/mol. The number of aromatic nitrogens is 2. The van der Waals surface area contributed by atoms with Gasteiger partial charge in [-0.05, 0) is 30.3 Å². The topological polar surface area (TPSA) is 89.4 Å². The predicted molar refractivity (Wildman–Crippen MR) is 81.9 cm³/mol. The highest BCUT2D eigenvalue weighted by atomic mass is 16.4. The van der Waals surface area contributed by atoms with Crippen molar-refractivity contribution in [3.63, 3.8) is 0 Å². The summed E-state index contributed by atoms with van der Waals surface area (Å²) in [5, 5.41) is 10.2. The zero-order valence-corrected chi connectivity index (χ0v) is 11.8. The first kappa shape index (κ1) is 13.3. The van der Waals surface area contributed by atoms with Crippen molar-refractivity contribution in [2.75, 3.05) is 0 Å². The first-order valence-corrected chi connectivity index (χ1v) is 6.84. The fraction of sp³-hybridized carbons (Fsp3) is 0. The minimum atomic E-state index is -1.08. The monoisotopic (exact) mass is 306 g/mol. The standard InChI is InChI=1S/C17H10N2O4/c20-17(21)14-10-9-18-6-5-11(10)19-16(13-4-2-8-23-13)15(14)12-3-1-7-22-12/h1-9H,(H,20,21). The summed E-state index contributed by atoms with van der Waals surface area (Å²) in [6, 6.07) is 8.51. The van der Waals surface area contributed by atoms with Gasteiger partial charge in [-0.25, -0.2) is 9.78 Å².